The van der Waals surface area contributed by atoms with Gasteiger partial charge in [0.25, 0.3) is 0 Å². The lowest BCUT2D eigenvalue weighted by atomic mass is 10.2. The highest BCUT2D eigenvalue weighted by atomic mass is 32.2. The molecule has 7 heteroatoms. The molecule has 0 radical (unpaired) electrons. The number of anilines is 2. The Kier molecular flexibility index (Phi) is 6.16. The first kappa shape index (κ1) is 17.0. The lowest BCUT2D eigenvalue weighted by Gasteiger charge is -2.09. The molecule has 0 saturated carbocycles. The molecule has 2 aromatic carbocycles. The predicted octanol–water partition coefficient (Wildman–Crippen LogP) is 0.226. The molecule has 0 amide bonds. The molecule has 0 aromatic heterocycles. The summed E-state index contributed by atoms with van der Waals surface area (Å²) in [5.41, 5.74) is 15.8. The summed E-state index contributed by atoms with van der Waals surface area (Å²) in [4.78, 5) is -0.470. The quantitative estimate of drug-likeness (QED) is 0.550. The first-order chi connectivity index (χ1) is 9.84. The highest BCUT2D eigenvalue weighted by Crippen LogP contribution is 2.20. The van der Waals surface area contributed by atoms with Crippen molar-refractivity contribution in [2.75, 3.05) is 18.0 Å². The highest BCUT2D eigenvalue weighted by Gasteiger charge is 2.05. The van der Waals surface area contributed by atoms with E-state index in [1.54, 1.807) is 0 Å². The molecule has 0 aliphatic heterocycles. The van der Waals surface area contributed by atoms with Gasteiger partial charge in [0.1, 0.15) is 10.1 Å². The molecule has 7 N–H and O–H groups in total. The van der Waals surface area contributed by atoms with Crippen molar-refractivity contribution in [1.29, 1.82) is 0 Å². The van der Waals surface area contributed by atoms with Crippen molar-refractivity contribution in [3.05, 3.63) is 54.1 Å². The van der Waals surface area contributed by atoms with E-state index in [1.807, 2.05) is 6.07 Å². The lowest BCUT2D eigenvalue weighted by molar-refractivity contribution is -0.366. The summed E-state index contributed by atoms with van der Waals surface area (Å²) < 4.78 is 31.5. The van der Waals surface area contributed by atoms with E-state index < -0.39 is 15.0 Å². The SMILES string of the molecule is Nc1ccc(N)c(S(=O)(=O)[O-])c1.[NH3+]CCc1ccccc1. The van der Waals surface area contributed by atoms with Crippen molar-refractivity contribution >= 4 is 21.5 Å². The van der Waals surface area contributed by atoms with Crippen molar-refractivity contribution in [3.63, 3.8) is 0 Å². The van der Waals surface area contributed by atoms with Crippen LogP contribution in [-0.4, -0.2) is 19.5 Å². The van der Waals surface area contributed by atoms with E-state index in [-0.39, 0.29) is 11.4 Å². The van der Waals surface area contributed by atoms with Crippen LogP contribution >= 0.6 is 0 Å². The van der Waals surface area contributed by atoms with E-state index in [9.17, 15) is 13.0 Å². The summed E-state index contributed by atoms with van der Waals surface area (Å²) in [6, 6.07) is 14.2. The van der Waals surface area contributed by atoms with Crippen LogP contribution in [0.5, 0.6) is 0 Å². The summed E-state index contributed by atoms with van der Waals surface area (Å²) in [6.07, 6.45) is 1.10. The molecule has 0 fully saturated rings. The predicted molar refractivity (Wildman–Crippen MR) is 81.1 cm³/mol. The molecule has 0 heterocycles. The maximum atomic E-state index is 10.5. The van der Waals surface area contributed by atoms with E-state index in [1.165, 1.54) is 17.7 Å². The molecular weight excluding hydrogens is 290 g/mol. The van der Waals surface area contributed by atoms with Gasteiger partial charge in [-0.1, -0.05) is 30.3 Å². The van der Waals surface area contributed by atoms with Gasteiger partial charge in [-0.3, -0.25) is 0 Å². The van der Waals surface area contributed by atoms with Gasteiger partial charge in [-0.2, -0.15) is 0 Å². The van der Waals surface area contributed by atoms with Crippen molar-refractivity contribution in [3.8, 4) is 0 Å². The molecule has 2 rings (SSSR count). The minimum Gasteiger partial charge on any atom is -0.744 e. The molecule has 6 nitrogen and oxygen atoms in total. The van der Waals surface area contributed by atoms with Crippen LogP contribution in [0.25, 0.3) is 0 Å². The van der Waals surface area contributed by atoms with E-state index in [0.29, 0.717) is 0 Å². The summed E-state index contributed by atoms with van der Waals surface area (Å²) in [6.45, 7) is 0.990. The van der Waals surface area contributed by atoms with Crippen LogP contribution in [0.15, 0.2) is 53.4 Å². The van der Waals surface area contributed by atoms with Gasteiger partial charge in [0, 0.05) is 17.8 Å². The zero-order valence-corrected chi connectivity index (χ0v) is 12.3. The second kappa shape index (κ2) is 7.63. The van der Waals surface area contributed by atoms with Crippen LogP contribution in [0.2, 0.25) is 0 Å². The Morgan fingerprint density at radius 3 is 2.14 bits per heavy atom. The molecule has 114 valence electrons. The number of nitrogen functional groups attached to an aromatic ring is 2. The normalized spacial score (nSPS) is 10.6. The van der Waals surface area contributed by atoms with E-state index in [0.717, 1.165) is 19.0 Å². The minimum absolute atomic E-state index is 0.0841. The largest absolute Gasteiger partial charge is 0.744 e. The lowest BCUT2D eigenvalue weighted by Crippen LogP contribution is -2.51. The van der Waals surface area contributed by atoms with Crippen LogP contribution in [0, 0.1) is 0 Å². The van der Waals surface area contributed by atoms with E-state index in [2.05, 4.69) is 30.0 Å². The fraction of sp³-hybridized carbons (Fsp3) is 0.143. The molecule has 0 spiro atoms. The number of quaternary nitrogens is 1. The Hall–Kier alpha value is -2.09. The smallest absolute Gasteiger partial charge is 0.126 e. The van der Waals surface area contributed by atoms with Crippen LogP contribution in [0.1, 0.15) is 5.56 Å². The summed E-state index contributed by atoms with van der Waals surface area (Å²) in [5.74, 6) is 0. The first-order valence-corrected chi connectivity index (χ1v) is 7.69. The Balaban J connectivity index is 0.000000219. The van der Waals surface area contributed by atoms with Gasteiger partial charge in [0.2, 0.25) is 0 Å². The monoisotopic (exact) mass is 309 g/mol. The molecular formula is C14H19N3O3S. The Morgan fingerprint density at radius 2 is 1.67 bits per heavy atom. The molecule has 0 atom stereocenters. The number of hydrogen-bond acceptors (Lipinski definition) is 5. The van der Waals surface area contributed by atoms with Crippen molar-refractivity contribution in [1.82, 2.24) is 0 Å². The molecule has 2 aromatic rings. The molecule has 0 aliphatic carbocycles. The van der Waals surface area contributed by atoms with Gasteiger partial charge < -0.3 is 21.8 Å². The van der Waals surface area contributed by atoms with Gasteiger partial charge in [0.15, 0.2) is 0 Å². The topological polar surface area (TPSA) is 137 Å². The maximum Gasteiger partial charge on any atom is 0.126 e. The van der Waals surface area contributed by atoms with Crippen LogP contribution < -0.4 is 17.2 Å². The Morgan fingerprint density at radius 1 is 1.05 bits per heavy atom. The number of hydrogen-bond donors (Lipinski definition) is 3. The first-order valence-electron chi connectivity index (χ1n) is 6.28. The minimum atomic E-state index is -4.51. The molecule has 0 aliphatic rings. The van der Waals surface area contributed by atoms with Gasteiger partial charge in [-0.05, 0) is 23.8 Å². The van der Waals surface area contributed by atoms with Crippen molar-refractivity contribution in [2.45, 2.75) is 11.3 Å². The zero-order chi connectivity index (χ0) is 15.9. The van der Waals surface area contributed by atoms with E-state index in [4.69, 9.17) is 11.5 Å². The number of rotatable bonds is 3. The average molecular weight is 309 g/mol. The van der Waals surface area contributed by atoms with Crippen molar-refractivity contribution in [2.24, 2.45) is 0 Å². The third kappa shape index (κ3) is 5.82. The summed E-state index contributed by atoms with van der Waals surface area (Å²) >= 11 is 0. The average Bonchev–Trinajstić information content (AvgIpc) is 2.43. The van der Waals surface area contributed by atoms with Crippen molar-refractivity contribution < 1.29 is 18.7 Å². The highest BCUT2D eigenvalue weighted by molar-refractivity contribution is 7.86. The summed E-state index contributed by atoms with van der Waals surface area (Å²) in [5, 5.41) is 0. The van der Waals surface area contributed by atoms with E-state index >= 15 is 0 Å². The Bertz CT molecular complexity index is 673. The fourth-order valence-electron chi connectivity index (χ4n) is 1.62. The van der Waals surface area contributed by atoms with Gasteiger partial charge in [0.05, 0.1) is 11.4 Å². The van der Waals surface area contributed by atoms with Crippen LogP contribution in [0.3, 0.4) is 0 Å². The molecule has 0 bridgehead atoms. The Labute approximate surface area is 124 Å². The number of nitrogens with two attached hydrogens (primary N) is 2. The molecule has 0 saturated heterocycles. The fourth-order valence-corrected chi connectivity index (χ4v) is 2.25. The second-order valence-corrected chi connectivity index (χ2v) is 5.69. The zero-order valence-electron chi connectivity index (χ0n) is 11.5. The standard InChI is InChI=1S/C8H11N.C6H8N2O3S/c9-7-6-8-4-2-1-3-5-8;7-4-1-2-5(8)6(3-4)12(9,10)11/h1-5H,6-7,9H2;1-3H,7-8H2,(H,9,10,11). The molecule has 0 unspecified atom stereocenters. The third-order valence-electron chi connectivity index (χ3n) is 2.62. The third-order valence-corrected chi connectivity index (χ3v) is 3.51. The maximum absolute atomic E-state index is 10.5. The summed E-state index contributed by atoms with van der Waals surface area (Å²) in [7, 11) is -4.51. The van der Waals surface area contributed by atoms with Gasteiger partial charge in [-0.25, -0.2) is 8.42 Å². The second-order valence-electron chi connectivity index (χ2n) is 4.34. The molecule has 21 heavy (non-hydrogen) atoms. The van der Waals surface area contributed by atoms with Gasteiger partial charge >= 0.3 is 0 Å². The van der Waals surface area contributed by atoms with Crippen LogP contribution in [-0.2, 0) is 16.5 Å². The number of benzene rings is 2. The van der Waals surface area contributed by atoms with Crippen LogP contribution in [0.4, 0.5) is 11.4 Å². The van der Waals surface area contributed by atoms with Gasteiger partial charge in [-0.15, -0.1) is 0 Å².